The number of piperidine rings is 1. The second-order valence-corrected chi connectivity index (χ2v) is 8.63. The first-order chi connectivity index (χ1) is 14.0. The standard InChI is InChI=1S/C21H23F2N3O2S/c22-15-6-7-18(23)17(9-15)21(28)26-8-2-5-14(11-26)20-25-16(12-29-20)10-24-19(27)13-3-1-4-13/h6-7,9,12-14H,1-5,8,10-11H2,(H,24,27)/t14-/m1/s1. The fourth-order valence-corrected chi connectivity index (χ4v) is 4.73. The number of carbonyl (C=O) groups excluding carboxylic acids is 2. The molecule has 1 aromatic heterocycles. The Morgan fingerprint density at radius 3 is 2.79 bits per heavy atom. The van der Waals surface area contributed by atoms with Crippen LogP contribution in [0.1, 0.15) is 59.1 Å². The molecule has 1 aliphatic heterocycles. The summed E-state index contributed by atoms with van der Waals surface area (Å²) in [4.78, 5) is 30.9. The number of benzene rings is 1. The summed E-state index contributed by atoms with van der Waals surface area (Å²) in [6.45, 7) is 1.35. The van der Waals surface area contributed by atoms with Crippen LogP contribution in [0.3, 0.4) is 0 Å². The van der Waals surface area contributed by atoms with Crippen molar-refractivity contribution in [3.05, 3.63) is 51.5 Å². The number of hydrogen-bond acceptors (Lipinski definition) is 4. The number of likely N-dealkylation sites (tertiary alicyclic amines) is 1. The van der Waals surface area contributed by atoms with E-state index in [4.69, 9.17) is 0 Å². The molecule has 0 radical (unpaired) electrons. The number of nitrogens with one attached hydrogen (secondary N) is 1. The molecule has 1 aromatic carbocycles. The average Bonchev–Trinajstić information content (AvgIpc) is 3.15. The Hall–Kier alpha value is -2.35. The van der Waals surface area contributed by atoms with Crippen molar-refractivity contribution in [2.75, 3.05) is 13.1 Å². The number of hydrogen-bond donors (Lipinski definition) is 1. The molecule has 4 rings (SSSR count). The third kappa shape index (κ3) is 4.47. The van der Waals surface area contributed by atoms with Gasteiger partial charge in [-0.2, -0.15) is 0 Å². The van der Waals surface area contributed by atoms with Crippen molar-refractivity contribution in [3.63, 3.8) is 0 Å². The minimum absolute atomic E-state index is 0.0606. The summed E-state index contributed by atoms with van der Waals surface area (Å²) in [7, 11) is 0. The van der Waals surface area contributed by atoms with Gasteiger partial charge in [-0.1, -0.05) is 6.42 Å². The number of rotatable bonds is 5. The number of nitrogens with zero attached hydrogens (tertiary/aromatic N) is 2. The summed E-state index contributed by atoms with van der Waals surface area (Å²) in [5.41, 5.74) is 0.585. The average molecular weight is 419 g/mol. The van der Waals surface area contributed by atoms with E-state index in [1.165, 1.54) is 11.3 Å². The second-order valence-electron chi connectivity index (χ2n) is 7.74. The molecule has 1 N–H and O–H groups in total. The van der Waals surface area contributed by atoms with Gasteiger partial charge in [0.25, 0.3) is 5.91 Å². The number of carbonyl (C=O) groups is 2. The van der Waals surface area contributed by atoms with Crippen LogP contribution >= 0.6 is 11.3 Å². The predicted molar refractivity (Wildman–Crippen MR) is 106 cm³/mol. The van der Waals surface area contributed by atoms with Crippen LogP contribution in [0.2, 0.25) is 0 Å². The van der Waals surface area contributed by atoms with Gasteiger partial charge in [0.2, 0.25) is 5.91 Å². The van der Waals surface area contributed by atoms with Crippen molar-refractivity contribution in [1.29, 1.82) is 0 Å². The molecule has 154 valence electrons. The van der Waals surface area contributed by atoms with E-state index in [0.717, 1.165) is 61.0 Å². The molecule has 1 atom stereocenters. The summed E-state index contributed by atoms with van der Waals surface area (Å²) in [5.74, 6) is -1.53. The fourth-order valence-electron chi connectivity index (χ4n) is 3.78. The third-order valence-corrected chi connectivity index (χ3v) is 6.76. The lowest BCUT2D eigenvalue weighted by atomic mass is 9.85. The van der Waals surface area contributed by atoms with Crippen molar-refractivity contribution in [2.45, 2.75) is 44.6 Å². The molecule has 1 aliphatic carbocycles. The minimum atomic E-state index is -0.711. The summed E-state index contributed by atoms with van der Waals surface area (Å²) in [6, 6.07) is 2.94. The Kier molecular flexibility index (Phi) is 5.89. The van der Waals surface area contributed by atoms with E-state index in [0.29, 0.717) is 19.6 Å². The Morgan fingerprint density at radius 2 is 2.03 bits per heavy atom. The van der Waals surface area contributed by atoms with E-state index in [2.05, 4.69) is 10.3 Å². The Bertz CT molecular complexity index is 913. The van der Waals surface area contributed by atoms with Gasteiger partial charge in [-0.15, -0.1) is 11.3 Å². The maximum Gasteiger partial charge on any atom is 0.256 e. The van der Waals surface area contributed by atoms with E-state index in [-0.39, 0.29) is 23.3 Å². The van der Waals surface area contributed by atoms with Crippen LogP contribution in [0.15, 0.2) is 23.6 Å². The molecule has 5 nitrogen and oxygen atoms in total. The van der Waals surface area contributed by atoms with E-state index in [1.807, 2.05) is 5.38 Å². The van der Waals surface area contributed by atoms with Gasteiger partial charge in [-0.3, -0.25) is 9.59 Å². The van der Waals surface area contributed by atoms with Crippen LogP contribution in [0.5, 0.6) is 0 Å². The van der Waals surface area contributed by atoms with Crippen molar-refractivity contribution in [2.24, 2.45) is 5.92 Å². The molecule has 2 aliphatic rings. The molecule has 0 bridgehead atoms. The maximum atomic E-state index is 14.0. The van der Waals surface area contributed by atoms with Crippen molar-refractivity contribution >= 4 is 23.2 Å². The minimum Gasteiger partial charge on any atom is -0.350 e. The first kappa shape index (κ1) is 19.9. The largest absolute Gasteiger partial charge is 0.350 e. The zero-order chi connectivity index (χ0) is 20.4. The monoisotopic (exact) mass is 419 g/mol. The van der Waals surface area contributed by atoms with Crippen LogP contribution in [-0.4, -0.2) is 34.8 Å². The predicted octanol–water partition coefficient (Wildman–Crippen LogP) is 3.86. The Balaban J connectivity index is 1.38. The highest BCUT2D eigenvalue weighted by Gasteiger charge is 2.29. The zero-order valence-corrected chi connectivity index (χ0v) is 16.8. The van der Waals surface area contributed by atoms with Crippen LogP contribution < -0.4 is 5.32 Å². The van der Waals surface area contributed by atoms with Gasteiger partial charge in [0, 0.05) is 30.3 Å². The first-order valence-electron chi connectivity index (χ1n) is 9.97. The Labute approximate surface area is 172 Å². The SMILES string of the molecule is O=C(NCc1csc([C@@H]2CCCN(C(=O)c3cc(F)ccc3F)C2)n1)C1CCC1. The maximum absolute atomic E-state index is 14.0. The van der Waals surface area contributed by atoms with E-state index in [9.17, 15) is 18.4 Å². The molecular weight excluding hydrogens is 396 g/mol. The van der Waals surface area contributed by atoms with Gasteiger partial charge < -0.3 is 10.2 Å². The molecular formula is C21H23F2N3O2S. The topological polar surface area (TPSA) is 62.3 Å². The highest BCUT2D eigenvalue weighted by atomic mass is 32.1. The fraction of sp³-hybridized carbons (Fsp3) is 0.476. The molecule has 1 saturated carbocycles. The number of halogens is 2. The molecule has 8 heteroatoms. The lowest BCUT2D eigenvalue weighted by Crippen LogP contribution is -2.39. The lowest BCUT2D eigenvalue weighted by Gasteiger charge is -2.32. The normalized spacial score (nSPS) is 19.7. The molecule has 29 heavy (non-hydrogen) atoms. The van der Waals surface area contributed by atoms with Gasteiger partial charge in [0.15, 0.2) is 0 Å². The van der Waals surface area contributed by atoms with E-state index < -0.39 is 17.5 Å². The molecule has 2 aromatic rings. The molecule has 2 fully saturated rings. The molecule has 2 amide bonds. The highest BCUT2D eigenvalue weighted by molar-refractivity contribution is 7.09. The first-order valence-corrected chi connectivity index (χ1v) is 10.9. The van der Waals surface area contributed by atoms with Crippen LogP contribution in [0.25, 0.3) is 0 Å². The van der Waals surface area contributed by atoms with Crippen molar-refractivity contribution < 1.29 is 18.4 Å². The van der Waals surface area contributed by atoms with Gasteiger partial charge >= 0.3 is 0 Å². The van der Waals surface area contributed by atoms with Gasteiger partial charge in [-0.25, -0.2) is 13.8 Å². The molecule has 1 saturated heterocycles. The summed E-state index contributed by atoms with van der Waals surface area (Å²) >= 11 is 1.52. The third-order valence-electron chi connectivity index (χ3n) is 5.71. The second kappa shape index (κ2) is 8.57. The summed E-state index contributed by atoms with van der Waals surface area (Å²) in [6.07, 6.45) is 4.71. The highest BCUT2D eigenvalue weighted by Crippen LogP contribution is 2.31. The van der Waals surface area contributed by atoms with E-state index >= 15 is 0 Å². The smallest absolute Gasteiger partial charge is 0.256 e. The zero-order valence-electron chi connectivity index (χ0n) is 16.0. The molecule has 2 heterocycles. The summed E-state index contributed by atoms with van der Waals surface area (Å²) in [5, 5.41) is 5.79. The lowest BCUT2D eigenvalue weighted by molar-refractivity contribution is -0.127. The van der Waals surface area contributed by atoms with E-state index in [1.54, 1.807) is 4.90 Å². The van der Waals surface area contributed by atoms with Crippen LogP contribution in [0.4, 0.5) is 8.78 Å². The number of thiazole rings is 1. The van der Waals surface area contributed by atoms with Crippen molar-refractivity contribution in [3.8, 4) is 0 Å². The Morgan fingerprint density at radius 1 is 1.21 bits per heavy atom. The van der Waals surface area contributed by atoms with Crippen molar-refractivity contribution in [1.82, 2.24) is 15.2 Å². The van der Waals surface area contributed by atoms with Gasteiger partial charge in [-0.05, 0) is 43.9 Å². The van der Waals surface area contributed by atoms with Crippen LogP contribution in [-0.2, 0) is 11.3 Å². The quantitative estimate of drug-likeness (QED) is 0.801. The molecule has 0 spiro atoms. The van der Waals surface area contributed by atoms with Crippen LogP contribution in [0, 0.1) is 17.6 Å². The number of aromatic nitrogens is 1. The molecule has 0 unspecified atom stereocenters. The van der Waals surface area contributed by atoms with Gasteiger partial charge in [0.1, 0.15) is 11.6 Å². The summed E-state index contributed by atoms with van der Waals surface area (Å²) < 4.78 is 27.4. The number of amides is 2. The van der Waals surface area contributed by atoms with Gasteiger partial charge in [0.05, 0.1) is 22.8 Å².